The summed E-state index contributed by atoms with van der Waals surface area (Å²) in [5, 5.41) is 3.03. The van der Waals surface area contributed by atoms with Crippen molar-refractivity contribution in [2.24, 2.45) is 0 Å². The quantitative estimate of drug-likeness (QED) is 0.940. The van der Waals surface area contributed by atoms with Crippen LogP contribution in [0.25, 0.3) is 0 Å². The number of hydrogen-bond acceptors (Lipinski definition) is 5. The van der Waals surface area contributed by atoms with Gasteiger partial charge in [0.15, 0.2) is 0 Å². The zero-order chi connectivity index (χ0) is 16.1. The molecular formula is C17H21N5O. The minimum atomic E-state index is -0.0124. The normalized spacial score (nSPS) is 17.8. The number of nitrogens with zero attached hydrogens (tertiary/aromatic N) is 4. The first-order chi connectivity index (χ1) is 11.3. The summed E-state index contributed by atoms with van der Waals surface area (Å²) in [6.45, 7) is 3.49. The van der Waals surface area contributed by atoms with Crippen LogP contribution in [0.4, 0.5) is 5.95 Å². The molecule has 1 saturated heterocycles. The van der Waals surface area contributed by atoms with E-state index in [-0.39, 0.29) is 11.9 Å². The molecule has 23 heavy (non-hydrogen) atoms. The Balaban J connectivity index is 1.81. The molecule has 1 aliphatic heterocycles. The summed E-state index contributed by atoms with van der Waals surface area (Å²) in [7, 11) is 0. The second kappa shape index (κ2) is 7.17. The first kappa shape index (κ1) is 15.4. The first-order valence-corrected chi connectivity index (χ1v) is 8.06. The van der Waals surface area contributed by atoms with Crippen LogP contribution in [0.15, 0.2) is 36.9 Å². The molecule has 6 nitrogen and oxygen atoms in total. The maximum atomic E-state index is 12.9. The Morgan fingerprint density at radius 2 is 2.13 bits per heavy atom. The molecule has 3 heterocycles. The largest absolute Gasteiger partial charge is 0.355 e. The van der Waals surface area contributed by atoms with Crippen LogP contribution in [0, 0.1) is 0 Å². The topological polar surface area (TPSA) is 71.0 Å². The van der Waals surface area contributed by atoms with Crippen LogP contribution in [0.5, 0.6) is 0 Å². The van der Waals surface area contributed by atoms with Gasteiger partial charge in [0.05, 0.1) is 11.6 Å². The molecule has 0 aromatic carbocycles. The van der Waals surface area contributed by atoms with Crippen molar-refractivity contribution in [1.29, 1.82) is 0 Å². The summed E-state index contributed by atoms with van der Waals surface area (Å²) in [5.74, 6) is 0.535. The number of hydrogen-bond donors (Lipinski definition) is 1. The Kier molecular flexibility index (Phi) is 4.80. The molecule has 0 unspecified atom stereocenters. The third-order valence-electron chi connectivity index (χ3n) is 4.07. The van der Waals surface area contributed by atoms with Crippen LogP contribution >= 0.6 is 0 Å². The van der Waals surface area contributed by atoms with Crippen LogP contribution in [0.3, 0.4) is 0 Å². The van der Waals surface area contributed by atoms with E-state index in [1.807, 2.05) is 30.2 Å². The molecule has 3 rings (SSSR count). The minimum Gasteiger partial charge on any atom is -0.355 e. The monoisotopic (exact) mass is 311 g/mol. The molecule has 0 saturated carbocycles. The summed E-state index contributed by atoms with van der Waals surface area (Å²) in [6.07, 6.45) is 9.92. The second-order valence-corrected chi connectivity index (χ2v) is 5.62. The lowest BCUT2D eigenvalue weighted by Gasteiger charge is -2.35. The third kappa shape index (κ3) is 3.47. The van der Waals surface area contributed by atoms with E-state index in [9.17, 15) is 4.79 Å². The molecule has 2 aromatic heterocycles. The molecule has 6 heteroatoms. The number of anilines is 1. The van der Waals surface area contributed by atoms with Crippen molar-refractivity contribution in [2.75, 3.05) is 18.4 Å². The molecule has 120 valence electrons. The third-order valence-corrected chi connectivity index (χ3v) is 4.07. The SMILES string of the molecule is CCNc1ncc(C(=O)N2CCCC[C@@H]2c2cccnc2)cn1. The number of amides is 1. The van der Waals surface area contributed by atoms with Gasteiger partial charge >= 0.3 is 0 Å². The lowest BCUT2D eigenvalue weighted by molar-refractivity contribution is 0.0610. The van der Waals surface area contributed by atoms with Crippen LogP contribution in [0.2, 0.25) is 0 Å². The number of aromatic nitrogens is 3. The van der Waals surface area contributed by atoms with Gasteiger partial charge in [-0.05, 0) is 37.8 Å². The fourth-order valence-electron chi connectivity index (χ4n) is 2.95. The standard InChI is InChI=1S/C17H21N5O/c1-2-19-17-20-11-14(12-21-17)16(23)22-9-4-3-7-15(22)13-6-5-8-18-10-13/h5-6,8,10-12,15H,2-4,7,9H2,1H3,(H,19,20,21)/t15-/m1/s1. The molecular weight excluding hydrogens is 290 g/mol. The molecule has 0 aliphatic carbocycles. The molecule has 1 atom stereocenters. The summed E-state index contributed by atoms with van der Waals surface area (Å²) >= 11 is 0. The average Bonchev–Trinajstić information content (AvgIpc) is 2.63. The number of nitrogens with one attached hydrogen (secondary N) is 1. The maximum Gasteiger partial charge on any atom is 0.257 e. The molecule has 0 spiro atoms. The highest BCUT2D eigenvalue weighted by molar-refractivity contribution is 5.94. The highest BCUT2D eigenvalue weighted by Gasteiger charge is 2.29. The predicted molar refractivity (Wildman–Crippen MR) is 88.1 cm³/mol. The summed E-state index contributed by atoms with van der Waals surface area (Å²) < 4.78 is 0. The zero-order valence-electron chi connectivity index (χ0n) is 13.3. The smallest absolute Gasteiger partial charge is 0.257 e. The Morgan fingerprint density at radius 1 is 1.30 bits per heavy atom. The highest BCUT2D eigenvalue weighted by Crippen LogP contribution is 2.31. The number of carbonyl (C=O) groups is 1. The van der Waals surface area contributed by atoms with Gasteiger partial charge in [-0.3, -0.25) is 9.78 Å². The number of carbonyl (C=O) groups excluding carboxylic acids is 1. The fourth-order valence-corrected chi connectivity index (χ4v) is 2.95. The number of pyridine rings is 1. The van der Waals surface area contributed by atoms with Crippen molar-refractivity contribution in [3.63, 3.8) is 0 Å². The van der Waals surface area contributed by atoms with E-state index in [1.54, 1.807) is 18.6 Å². The van der Waals surface area contributed by atoms with Crippen molar-refractivity contribution >= 4 is 11.9 Å². The lowest BCUT2D eigenvalue weighted by Crippen LogP contribution is -2.38. The Morgan fingerprint density at radius 3 is 2.83 bits per heavy atom. The summed E-state index contributed by atoms with van der Waals surface area (Å²) in [4.78, 5) is 27.4. The van der Waals surface area contributed by atoms with E-state index < -0.39 is 0 Å². The van der Waals surface area contributed by atoms with Gasteiger partial charge in [-0.15, -0.1) is 0 Å². The van der Waals surface area contributed by atoms with E-state index in [1.165, 1.54) is 0 Å². The molecule has 1 N–H and O–H groups in total. The van der Waals surface area contributed by atoms with Crippen LogP contribution < -0.4 is 5.32 Å². The molecule has 1 fully saturated rings. The summed E-state index contributed by atoms with van der Waals surface area (Å²) in [6, 6.07) is 4.04. The number of likely N-dealkylation sites (tertiary alicyclic amines) is 1. The average molecular weight is 311 g/mol. The van der Waals surface area contributed by atoms with Crippen LogP contribution in [0.1, 0.15) is 48.1 Å². The molecule has 1 amide bonds. The Bertz CT molecular complexity index is 644. The van der Waals surface area contributed by atoms with Crippen LogP contribution in [-0.2, 0) is 0 Å². The van der Waals surface area contributed by atoms with E-state index in [4.69, 9.17) is 0 Å². The van der Waals surface area contributed by atoms with Crippen molar-refractivity contribution in [3.05, 3.63) is 48.0 Å². The maximum absolute atomic E-state index is 12.9. The second-order valence-electron chi connectivity index (χ2n) is 5.62. The molecule has 0 radical (unpaired) electrons. The van der Waals surface area contributed by atoms with Gasteiger partial charge in [0.25, 0.3) is 5.91 Å². The number of rotatable bonds is 4. The highest BCUT2D eigenvalue weighted by atomic mass is 16.2. The Hall–Kier alpha value is -2.50. The first-order valence-electron chi connectivity index (χ1n) is 8.06. The summed E-state index contributed by atoms with van der Waals surface area (Å²) in [5.41, 5.74) is 1.62. The van der Waals surface area contributed by atoms with E-state index in [0.717, 1.165) is 37.9 Å². The van der Waals surface area contributed by atoms with Crippen molar-refractivity contribution in [1.82, 2.24) is 19.9 Å². The van der Waals surface area contributed by atoms with Crippen LogP contribution in [-0.4, -0.2) is 38.8 Å². The van der Waals surface area contributed by atoms with Crippen molar-refractivity contribution in [2.45, 2.75) is 32.2 Å². The van der Waals surface area contributed by atoms with Gasteiger partial charge < -0.3 is 10.2 Å². The van der Waals surface area contributed by atoms with E-state index in [0.29, 0.717) is 11.5 Å². The molecule has 0 bridgehead atoms. The zero-order valence-corrected chi connectivity index (χ0v) is 13.3. The predicted octanol–water partition coefficient (Wildman–Crippen LogP) is 2.67. The van der Waals surface area contributed by atoms with Gasteiger partial charge in [-0.2, -0.15) is 0 Å². The lowest BCUT2D eigenvalue weighted by atomic mass is 9.96. The van der Waals surface area contributed by atoms with Crippen molar-refractivity contribution in [3.8, 4) is 0 Å². The van der Waals surface area contributed by atoms with Gasteiger partial charge in [-0.1, -0.05) is 6.07 Å². The van der Waals surface area contributed by atoms with Gasteiger partial charge in [0, 0.05) is 37.9 Å². The minimum absolute atomic E-state index is 0.0124. The number of piperidine rings is 1. The fraction of sp³-hybridized carbons (Fsp3) is 0.412. The van der Waals surface area contributed by atoms with E-state index in [2.05, 4.69) is 20.3 Å². The van der Waals surface area contributed by atoms with Gasteiger partial charge in [0.2, 0.25) is 5.95 Å². The molecule has 1 aliphatic rings. The van der Waals surface area contributed by atoms with Gasteiger partial charge in [-0.25, -0.2) is 9.97 Å². The van der Waals surface area contributed by atoms with Crippen molar-refractivity contribution < 1.29 is 4.79 Å². The Labute approximate surface area is 136 Å². The molecule has 2 aromatic rings. The van der Waals surface area contributed by atoms with Gasteiger partial charge in [0.1, 0.15) is 0 Å². The van der Waals surface area contributed by atoms with E-state index >= 15 is 0 Å².